The number of fused-ring (bicyclic) bond motifs is 1. The van der Waals surface area contributed by atoms with E-state index in [0.29, 0.717) is 10.8 Å². The zero-order valence-corrected chi connectivity index (χ0v) is 8.40. The molecule has 0 aromatic heterocycles. The molecule has 0 spiro atoms. The van der Waals surface area contributed by atoms with E-state index in [1.54, 1.807) is 24.3 Å². The minimum atomic E-state index is -4.28. The summed E-state index contributed by atoms with van der Waals surface area (Å²) in [4.78, 5) is -0.307. The van der Waals surface area contributed by atoms with Crippen LogP contribution in [0.4, 0.5) is 0 Å². The maximum absolute atomic E-state index is 10.9. The normalized spacial score (nSPS) is 11.1. The van der Waals surface area contributed by atoms with Crippen LogP contribution >= 0.6 is 0 Å². The fraction of sp³-hybridized carbons (Fsp3) is 0. The van der Waals surface area contributed by atoms with Crippen molar-refractivity contribution in [1.29, 1.82) is 0 Å². The third kappa shape index (κ3) is 2.56. The standard InChI is InChI=1S/C10H8O4S.Na.H/c11-10-6-8(15(12,13)14)5-7-3-1-2-4-9(7)10;;/h1-6,11H,(H,12,13,14);;. The second kappa shape index (κ2) is 4.73. The van der Waals surface area contributed by atoms with Crippen molar-refractivity contribution in [1.82, 2.24) is 0 Å². The molecule has 0 heterocycles. The van der Waals surface area contributed by atoms with Crippen molar-refractivity contribution in [3.05, 3.63) is 36.4 Å². The molecule has 2 N–H and O–H groups in total. The predicted molar refractivity (Wildman–Crippen MR) is 62.6 cm³/mol. The monoisotopic (exact) mass is 248 g/mol. The molecule has 2 aromatic carbocycles. The fourth-order valence-electron chi connectivity index (χ4n) is 1.41. The quantitative estimate of drug-likeness (QED) is 0.586. The molecule has 0 saturated carbocycles. The van der Waals surface area contributed by atoms with E-state index in [9.17, 15) is 13.5 Å². The van der Waals surface area contributed by atoms with Gasteiger partial charge in [-0.3, -0.25) is 4.55 Å². The van der Waals surface area contributed by atoms with Gasteiger partial charge in [-0.25, -0.2) is 0 Å². The molecular weight excluding hydrogens is 239 g/mol. The molecule has 0 radical (unpaired) electrons. The number of hydrogen-bond donors (Lipinski definition) is 2. The van der Waals surface area contributed by atoms with Crippen molar-refractivity contribution in [3.8, 4) is 5.75 Å². The van der Waals surface area contributed by atoms with E-state index in [1.165, 1.54) is 6.07 Å². The predicted octanol–water partition coefficient (Wildman–Crippen LogP) is 1.14. The van der Waals surface area contributed by atoms with Gasteiger partial charge in [0.05, 0.1) is 4.90 Å². The van der Waals surface area contributed by atoms with Crippen LogP contribution < -0.4 is 0 Å². The molecular formula is C10H9NaO4S. The van der Waals surface area contributed by atoms with Crippen LogP contribution in [0.2, 0.25) is 0 Å². The summed E-state index contributed by atoms with van der Waals surface area (Å²) in [5.41, 5.74) is 0. The number of hydrogen-bond acceptors (Lipinski definition) is 3. The molecule has 0 saturated heterocycles. The van der Waals surface area contributed by atoms with Crippen molar-refractivity contribution >= 4 is 50.4 Å². The summed E-state index contributed by atoms with van der Waals surface area (Å²) >= 11 is 0. The van der Waals surface area contributed by atoms with E-state index in [4.69, 9.17) is 4.55 Å². The van der Waals surface area contributed by atoms with Crippen LogP contribution in [0.1, 0.15) is 0 Å². The average molecular weight is 248 g/mol. The summed E-state index contributed by atoms with van der Waals surface area (Å²) in [5.74, 6) is -0.166. The Kier molecular flexibility index (Phi) is 3.98. The number of phenols is 1. The van der Waals surface area contributed by atoms with E-state index in [2.05, 4.69) is 0 Å². The first kappa shape index (κ1) is 13.5. The van der Waals surface area contributed by atoms with Crippen LogP contribution in [0.25, 0.3) is 10.8 Å². The molecule has 0 amide bonds. The molecule has 4 nitrogen and oxygen atoms in total. The Morgan fingerprint density at radius 1 is 1.06 bits per heavy atom. The first-order valence-electron chi connectivity index (χ1n) is 4.18. The van der Waals surface area contributed by atoms with Crippen molar-refractivity contribution in [3.63, 3.8) is 0 Å². The second-order valence-corrected chi connectivity index (χ2v) is 4.56. The first-order valence-corrected chi connectivity index (χ1v) is 5.62. The summed E-state index contributed by atoms with van der Waals surface area (Å²) in [6.45, 7) is 0. The number of phenolic OH excluding ortho intramolecular Hbond substituents is 1. The topological polar surface area (TPSA) is 74.6 Å². The molecule has 2 rings (SSSR count). The van der Waals surface area contributed by atoms with Crippen LogP contribution in [-0.4, -0.2) is 47.6 Å². The van der Waals surface area contributed by atoms with Crippen LogP contribution in [0, 0.1) is 0 Å². The summed E-state index contributed by atoms with van der Waals surface area (Å²) < 4.78 is 30.6. The molecule has 6 heteroatoms. The van der Waals surface area contributed by atoms with Gasteiger partial charge in [0.15, 0.2) is 0 Å². The second-order valence-electron chi connectivity index (χ2n) is 3.14. The fourth-order valence-corrected chi connectivity index (χ4v) is 1.95. The zero-order chi connectivity index (χ0) is 11.1. The van der Waals surface area contributed by atoms with Gasteiger partial charge in [0.2, 0.25) is 0 Å². The van der Waals surface area contributed by atoms with Crippen LogP contribution in [-0.2, 0) is 10.1 Å². The van der Waals surface area contributed by atoms with Gasteiger partial charge in [0, 0.05) is 11.5 Å². The van der Waals surface area contributed by atoms with Crippen molar-refractivity contribution in [2.45, 2.75) is 4.90 Å². The maximum atomic E-state index is 10.9. The van der Waals surface area contributed by atoms with Gasteiger partial charge in [-0.05, 0) is 11.5 Å². The molecule has 0 aliphatic heterocycles. The van der Waals surface area contributed by atoms with Gasteiger partial charge in [-0.1, -0.05) is 24.3 Å². The molecule has 0 unspecified atom stereocenters. The molecule has 80 valence electrons. The van der Waals surface area contributed by atoms with Crippen molar-refractivity contribution in [2.75, 3.05) is 0 Å². The SMILES string of the molecule is O=S(=O)(O)c1cc(O)c2ccccc2c1.[NaH]. The third-order valence-corrected chi connectivity index (χ3v) is 2.94. The minimum absolute atomic E-state index is 0. The summed E-state index contributed by atoms with van der Waals surface area (Å²) in [5, 5.41) is 10.6. The summed E-state index contributed by atoms with van der Waals surface area (Å²) in [6.07, 6.45) is 0. The van der Waals surface area contributed by atoms with Crippen LogP contribution in [0.3, 0.4) is 0 Å². The molecule has 0 fully saturated rings. The van der Waals surface area contributed by atoms with Crippen molar-refractivity contribution < 1.29 is 18.1 Å². The molecule has 0 atom stereocenters. The summed E-state index contributed by atoms with van der Waals surface area (Å²) in [6, 6.07) is 9.11. The van der Waals surface area contributed by atoms with E-state index in [1.807, 2.05) is 0 Å². The Hall–Kier alpha value is -0.590. The summed E-state index contributed by atoms with van der Waals surface area (Å²) in [7, 11) is -4.28. The molecule has 2 aromatic rings. The van der Waals surface area contributed by atoms with Gasteiger partial charge in [-0.15, -0.1) is 0 Å². The van der Waals surface area contributed by atoms with Gasteiger partial charge in [0.25, 0.3) is 10.1 Å². The van der Waals surface area contributed by atoms with Gasteiger partial charge >= 0.3 is 29.6 Å². The Balaban J connectivity index is 0.00000128. The van der Waals surface area contributed by atoms with Crippen molar-refractivity contribution in [2.24, 2.45) is 0 Å². The zero-order valence-electron chi connectivity index (χ0n) is 7.58. The van der Waals surface area contributed by atoms with Gasteiger partial charge < -0.3 is 5.11 Å². The Labute approximate surface area is 115 Å². The number of benzene rings is 2. The van der Waals surface area contributed by atoms with Crippen LogP contribution in [0.5, 0.6) is 5.75 Å². The Morgan fingerprint density at radius 2 is 1.69 bits per heavy atom. The van der Waals surface area contributed by atoms with E-state index in [0.717, 1.165) is 6.07 Å². The number of rotatable bonds is 1. The molecule has 0 aliphatic carbocycles. The third-order valence-electron chi connectivity index (χ3n) is 2.11. The Bertz CT molecular complexity index is 622. The van der Waals surface area contributed by atoms with Gasteiger partial charge in [-0.2, -0.15) is 8.42 Å². The van der Waals surface area contributed by atoms with E-state index < -0.39 is 10.1 Å². The molecule has 0 bridgehead atoms. The van der Waals surface area contributed by atoms with E-state index in [-0.39, 0.29) is 40.2 Å². The first-order chi connectivity index (χ1) is 6.98. The average Bonchev–Trinajstić information content (AvgIpc) is 2.16. The van der Waals surface area contributed by atoms with Gasteiger partial charge in [0.1, 0.15) is 5.75 Å². The number of aromatic hydroxyl groups is 1. The molecule has 16 heavy (non-hydrogen) atoms. The van der Waals surface area contributed by atoms with E-state index >= 15 is 0 Å². The Morgan fingerprint density at radius 3 is 2.31 bits per heavy atom. The van der Waals surface area contributed by atoms with Crippen LogP contribution in [0.15, 0.2) is 41.3 Å². The molecule has 0 aliphatic rings.